The van der Waals surface area contributed by atoms with Gasteiger partial charge < -0.3 is 9.88 Å². The molecule has 0 saturated heterocycles. The molecule has 1 N–H and O–H groups in total. The minimum Gasteiger partial charge on any atom is -0.354 e. The Morgan fingerprint density at radius 3 is 2.60 bits per heavy atom. The summed E-state index contributed by atoms with van der Waals surface area (Å²) >= 11 is 0. The van der Waals surface area contributed by atoms with Crippen molar-refractivity contribution < 1.29 is 9.18 Å². The normalized spacial score (nSPS) is 12.2. The molecule has 1 aromatic heterocycles. The van der Waals surface area contributed by atoms with Crippen molar-refractivity contribution in [2.75, 3.05) is 20.6 Å². The number of halogens is 1. The van der Waals surface area contributed by atoms with Crippen LogP contribution in [0.15, 0.2) is 47.3 Å². The molecule has 1 aromatic carbocycles. The molecular formula is C19H24FN3O2. The van der Waals surface area contributed by atoms with Crippen LogP contribution in [-0.4, -0.2) is 36.0 Å². The molecule has 0 saturated carbocycles. The van der Waals surface area contributed by atoms with Gasteiger partial charge in [-0.15, -0.1) is 0 Å². The predicted molar refractivity (Wildman–Crippen MR) is 95.9 cm³/mol. The molecule has 0 aliphatic rings. The monoisotopic (exact) mass is 345 g/mol. The van der Waals surface area contributed by atoms with E-state index in [0.717, 1.165) is 5.69 Å². The van der Waals surface area contributed by atoms with Gasteiger partial charge in [-0.25, -0.2) is 4.39 Å². The molecule has 1 amide bonds. The number of benzene rings is 1. The maximum Gasteiger partial charge on any atom is 0.250 e. The second-order valence-electron chi connectivity index (χ2n) is 6.22. The number of aromatic nitrogens is 1. The van der Waals surface area contributed by atoms with E-state index in [0.29, 0.717) is 25.1 Å². The summed E-state index contributed by atoms with van der Waals surface area (Å²) in [5, 5.41) is 2.87. The Bertz CT molecular complexity index is 786. The van der Waals surface area contributed by atoms with Crippen molar-refractivity contribution in [3.63, 3.8) is 0 Å². The molecule has 2 aromatic rings. The molecule has 0 spiro atoms. The summed E-state index contributed by atoms with van der Waals surface area (Å²) in [6, 6.07) is 10.6. The Hall–Kier alpha value is -2.47. The first-order valence-electron chi connectivity index (χ1n) is 8.26. The molecule has 5 nitrogen and oxygen atoms in total. The third-order valence-electron chi connectivity index (χ3n) is 4.05. The van der Waals surface area contributed by atoms with Gasteiger partial charge >= 0.3 is 0 Å². The van der Waals surface area contributed by atoms with E-state index < -0.39 is 6.04 Å². The molecule has 6 heteroatoms. The van der Waals surface area contributed by atoms with Crippen LogP contribution in [0.4, 0.5) is 4.39 Å². The van der Waals surface area contributed by atoms with E-state index >= 15 is 0 Å². The van der Waals surface area contributed by atoms with Crippen LogP contribution in [-0.2, 0) is 11.3 Å². The highest BCUT2D eigenvalue weighted by Gasteiger charge is 2.22. The van der Waals surface area contributed by atoms with Gasteiger partial charge in [0.2, 0.25) is 5.91 Å². The maximum absolute atomic E-state index is 13.4. The van der Waals surface area contributed by atoms with Crippen molar-refractivity contribution >= 4 is 5.91 Å². The van der Waals surface area contributed by atoms with Crippen LogP contribution in [0.2, 0.25) is 0 Å². The van der Waals surface area contributed by atoms with Gasteiger partial charge in [0.15, 0.2) is 0 Å². The highest BCUT2D eigenvalue weighted by atomic mass is 19.1. The lowest BCUT2D eigenvalue weighted by atomic mass is 10.1. The summed E-state index contributed by atoms with van der Waals surface area (Å²) < 4.78 is 15.1. The van der Waals surface area contributed by atoms with Gasteiger partial charge in [-0.1, -0.05) is 18.2 Å². The van der Waals surface area contributed by atoms with Crippen LogP contribution in [0.1, 0.15) is 23.7 Å². The first-order valence-corrected chi connectivity index (χ1v) is 8.26. The fraction of sp³-hybridized carbons (Fsp3) is 0.368. The van der Waals surface area contributed by atoms with E-state index in [4.69, 9.17) is 0 Å². The number of likely N-dealkylation sites (N-methyl/N-ethyl adjacent to an activating group) is 1. The van der Waals surface area contributed by atoms with E-state index in [-0.39, 0.29) is 17.3 Å². The van der Waals surface area contributed by atoms with Crippen LogP contribution < -0.4 is 10.9 Å². The van der Waals surface area contributed by atoms with Crippen molar-refractivity contribution in [2.45, 2.75) is 25.9 Å². The summed E-state index contributed by atoms with van der Waals surface area (Å²) in [7, 11) is 3.56. The third kappa shape index (κ3) is 5.00. The Balaban J connectivity index is 1.95. The van der Waals surface area contributed by atoms with Crippen molar-refractivity contribution in [2.24, 2.45) is 0 Å². The fourth-order valence-electron chi connectivity index (χ4n) is 2.82. The smallest absolute Gasteiger partial charge is 0.250 e. The lowest BCUT2D eigenvalue weighted by molar-refractivity contribution is -0.125. The SMILES string of the molecule is Cc1cccc(=O)n1CCCNC(=O)C(c1cccc(F)c1)N(C)C. The molecule has 134 valence electrons. The maximum atomic E-state index is 13.4. The van der Waals surface area contributed by atoms with Crippen LogP contribution in [0, 0.1) is 12.7 Å². The van der Waals surface area contributed by atoms with Crippen LogP contribution in [0.25, 0.3) is 0 Å². The summed E-state index contributed by atoms with van der Waals surface area (Å²) in [5.41, 5.74) is 1.46. The number of pyridine rings is 1. The lowest BCUT2D eigenvalue weighted by Gasteiger charge is -2.24. The van der Waals surface area contributed by atoms with Gasteiger partial charge in [0.25, 0.3) is 5.56 Å². The number of carbonyl (C=O) groups excluding carboxylic acids is 1. The topological polar surface area (TPSA) is 54.3 Å². The molecule has 2 rings (SSSR count). The number of nitrogens with zero attached hydrogens (tertiary/aromatic N) is 2. The second kappa shape index (κ2) is 8.58. The molecule has 0 aliphatic carbocycles. The first kappa shape index (κ1) is 18.9. The van der Waals surface area contributed by atoms with Crippen molar-refractivity contribution in [1.29, 1.82) is 0 Å². The molecule has 0 fully saturated rings. The number of rotatable bonds is 7. The van der Waals surface area contributed by atoms with Gasteiger partial charge in [0.05, 0.1) is 0 Å². The summed E-state index contributed by atoms with van der Waals surface area (Å²) in [5.74, 6) is -0.552. The van der Waals surface area contributed by atoms with Crippen molar-refractivity contribution in [1.82, 2.24) is 14.8 Å². The van der Waals surface area contributed by atoms with E-state index in [1.165, 1.54) is 18.2 Å². The number of hydrogen-bond donors (Lipinski definition) is 1. The van der Waals surface area contributed by atoms with Gasteiger partial charge in [-0.2, -0.15) is 0 Å². The number of amides is 1. The number of nitrogens with one attached hydrogen (secondary N) is 1. The highest BCUT2D eigenvalue weighted by Crippen LogP contribution is 2.19. The predicted octanol–water partition coefficient (Wildman–Crippen LogP) is 2.11. The van der Waals surface area contributed by atoms with Gasteiger partial charge in [0.1, 0.15) is 11.9 Å². The zero-order valence-corrected chi connectivity index (χ0v) is 14.8. The Morgan fingerprint density at radius 2 is 1.96 bits per heavy atom. The molecule has 0 aliphatic heterocycles. The number of aryl methyl sites for hydroxylation is 1. The Kier molecular flexibility index (Phi) is 6.47. The van der Waals surface area contributed by atoms with Crippen LogP contribution >= 0.6 is 0 Å². The molecule has 0 bridgehead atoms. The molecule has 1 unspecified atom stereocenters. The standard InChI is InChI=1S/C19H24FN3O2/c1-14-7-4-10-17(24)23(14)12-6-11-21-19(25)18(22(2)3)15-8-5-9-16(20)13-15/h4-5,7-10,13,18H,6,11-12H2,1-3H3,(H,21,25). The average molecular weight is 345 g/mol. The van der Waals surface area contributed by atoms with E-state index in [1.807, 2.05) is 13.0 Å². The highest BCUT2D eigenvalue weighted by molar-refractivity contribution is 5.83. The minimum absolute atomic E-state index is 0.0442. The molecule has 1 heterocycles. The second-order valence-corrected chi connectivity index (χ2v) is 6.22. The minimum atomic E-state index is -0.558. The quantitative estimate of drug-likeness (QED) is 0.782. The molecular weight excluding hydrogens is 321 g/mol. The summed E-state index contributed by atoms with van der Waals surface area (Å²) in [4.78, 5) is 26.1. The summed E-state index contributed by atoms with van der Waals surface area (Å²) in [6.07, 6.45) is 0.639. The number of hydrogen-bond acceptors (Lipinski definition) is 3. The zero-order valence-electron chi connectivity index (χ0n) is 14.8. The Morgan fingerprint density at radius 1 is 1.24 bits per heavy atom. The van der Waals surface area contributed by atoms with E-state index in [9.17, 15) is 14.0 Å². The van der Waals surface area contributed by atoms with Crippen LogP contribution in [0.3, 0.4) is 0 Å². The molecule has 25 heavy (non-hydrogen) atoms. The number of carbonyl (C=O) groups is 1. The Labute approximate surface area is 147 Å². The van der Waals surface area contributed by atoms with Crippen molar-refractivity contribution in [3.8, 4) is 0 Å². The molecule has 1 atom stereocenters. The fourth-order valence-corrected chi connectivity index (χ4v) is 2.82. The average Bonchev–Trinajstić information content (AvgIpc) is 2.53. The van der Waals surface area contributed by atoms with Crippen LogP contribution in [0.5, 0.6) is 0 Å². The first-order chi connectivity index (χ1) is 11.9. The summed E-state index contributed by atoms with van der Waals surface area (Å²) in [6.45, 7) is 2.86. The van der Waals surface area contributed by atoms with Gasteiger partial charge in [-0.3, -0.25) is 14.5 Å². The van der Waals surface area contributed by atoms with Gasteiger partial charge in [-0.05, 0) is 51.2 Å². The zero-order chi connectivity index (χ0) is 18.4. The lowest BCUT2D eigenvalue weighted by Crippen LogP contribution is -2.38. The van der Waals surface area contributed by atoms with E-state index in [2.05, 4.69) is 5.32 Å². The van der Waals surface area contributed by atoms with Crippen molar-refractivity contribution in [3.05, 3.63) is 69.9 Å². The largest absolute Gasteiger partial charge is 0.354 e. The van der Waals surface area contributed by atoms with E-state index in [1.54, 1.807) is 41.8 Å². The third-order valence-corrected chi connectivity index (χ3v) is 4.05. The van der Waals surface area contributed by atoms with Gasteiger partial charge in [0, 0.05) is 24.8 Å². The molecule has 0 radical (unpaired) electrons.